The number of H-pyrrole nitrogens is 1. The van der Waals surface area contributed by atoms with Gasteiger partial charge in [0, 0.05) is 60.4 Å². The highest BCUT2D eigenvalue weighted by Crippen LogP contribution is 2.31. The van der Waals surface area contributed by atoms with Crippen LogP contribution in [0.5, 0.6) is 0 Å². The van der Waals surface area contributed by atoms with Gasteiger partial charge < -0.3 is 10.1 Å². The summed E-state index contributed by atoms with van der Waals surface area (Å²) in [6.45, 7) is 4.03. The molecule has 0 radical (unpaired) electrons. The first-order chi connectivity index (χ1) is 13.1. The Bertz CT molecular complexity index is 933. The number of fused-ring (bicyclic) bond motifs is 1. The molecule has 0 amide bonds. The lowest BCUT2D eigenvalue weighted by Crippen LogP contribution is -2.48. The van der Waals surface area contributed by atoms with Crippen LogP contribution in [0.1, 0.15) is 17.2 Å². The number of benzene rings is 2. The van der Waals surface area contributed by atoms with Crippen molar-refractivity contribution in [2.75, 3.05) is 26.2 Å². The highest BCUT2D eigenvalue weighted by molar-refractivity contribution is 6.31. The van der Waals surface area contributed by atoms with Crippen LogP contribution in [0.15, 0.2) is 54.7 Å². The van der Waals surface area contributed by atoms with Gasteiger partial charge in [0.15, 0.2) is 0 Å². The lowest BCUT2D eigenvalue weighted by Gasteiger charge is -2.37. The summed E-state index contributed by atoms with van der Waals surface area (Å²) in [6, 6.07) is 15.2. The second-order valence-corrected chi connectivity index (χ2v) is 7.41. The topological polar surface area (TPSA) is 59.6 Å². The molecule has 1 aliphatic rings. The number of carbonyl (C=O) groups is 1. The second kappa shape index (κ2) is 7.72. The van der Waals surface area contributed by atoms with Gasteiger partial charge in [-0.25, -0.2) is 0 Å². The van der Waals surface area contributed by atoms with Gasteiger partial charge in [0.25, 0.3) is 0 Å². The van der Waals surface area contributed by atoms with Crippen molar-refractivity contribution in [2.45, 2.75) is 12.6 Å². The fraction of sp³-hybridized carbons (Fsp3) is 0.286. The molecular formula is C21H22ClN3O2. The molecular weight excluding hydrogens is 362 g/mol. The minimum Gasteiger partial charge on any atom is -0.480 e. The molecule has 2 aromatic carbocycles. The van der Waals surface area contributed by atoms with Crippen molar-refractivity contribution in [3.05, 3.63) is 70.9 Å². The summed E-state index contributed by atoms with van der Waals surface area (Å²) >= 11 is 6.13. The zero-order valence-electron chi connectivity index (χ0n) is 14.9. The van der Waals surface area contributed by atoms with Crippen molar-refractivity contribution in [1.29, 1.82) is 0 Å². The smallest absolute Gasteiger partial charge is 0.325 e. The molecule has 4 rings (SSSR count). The Kier molecular flexibility index (Phi) is 5.16. The van der Waals surface area contributed by atoms with Crippen LogP contribution >= 0.6 is 11.6 Å². The zero-order chi connectivity index (χ0) is 18.8. The summed E-state index contributed by atoms with van der Waals surface area (Å²) in [5.74, 6) is -0.826. The maximum absolute atomic E-state index is 12.1. The number of carboxylic acids is 1. The van der Waals surface area contributed by atoms with Gasteiger partial charge in [-0.15, -0.1) is 0 Å². The van der Waals surface area contributed by atoms with Gasteiger partial charge in [0.2, 0.25) is 0 Å². The Labute approximate surface area is 163 Å². The van der Waals surface area contributed by atoms with E-state index in [1.54, 1.807) is 6.20 Å². The van der Waals surface area contributed by atoms with E-state index in [0.29, 0.717) is 5.02 Å². The highest BCUT2D eigenvalue weighted by Gasteiger charge is 2.32. The van der Waals surface area contributed by atoms with E-state index in [1.165, 1.54) is 5.56 Å². The van der Waals surface area contributed by atoms with Crippen molar-refractivity contribution in [3.63, 3.8) is 0 Å². The first-order valence-corrected chi connectivity index (χ1v) is 9.49. The van der Waals surface area contributed by atoms with E-state index in [-0.39, 0.29) is 0 Å². The molecule has 2 heterocycles. The summed E-state index contributed by atoms with van der Waals surface area (Å²) in [5.41, 5.74) is 2.96. The van der Waals surface area contributed by atoms with E-state index in [1.807, 2.05) is 41.3 Å². The molecule has 0 aliphatic carbocycles. The molecule has 0 unspecified atom stereocenters. The van der Waals surface area contributed by atoms with Gasteiger partial charge in [0.1, 0.15) is 6.04 Å². The van der Waals surface area contributed by atoms with Gasteiger partial charge in [-0.05, 0) is 23.8 Å². The number of aliphatic carboxylic acids is 1. The monoisotopic (exact) mass is 383 g/mol. The molecule has 1 saturated heterocycles. The normalized spacial score (nSPS) is 17.2. The van der Waals surface area contributed by atoms with Crippen LogP contribution in [0.2, 0.25) is 5.02 Å². The number of carboxylic acid groups (broad SMARTS) is 1. The summed E-state index contributed by atoms with van der Waals surface area (Å²) in [5, 5.41) is 11.4. The third-order valence-corrected chi connectivity index (χ3v) is 5.46. The second-order valence-electron chi connectivity index (χ2n) is 6.97. The van der Waals surface area contributed by atoms with Crippen LogP contribution in [-0.4, -0.2) is 52.0 Å². The van der Waals surface area contributed by atoms with Gasteiger partial charge in [-0.3, -0.25) is 14.6 Å². The Balaban J connectivity index is 1.50. The molecule has 2 N–H and O–H groups in total. The lowest BCUT2D eigenvalue weighted by molar-refractivity contribution is -0.144. The van der Waals surface area contributed by atoms with Crippen LogP contribution in [0.4, 0.5) is 0 Å². The molecule has 140 valence electrons. The van der Waals surface area contributed by atoms with E-state index in [4.69, 9.17) is 11.6 Å². The number of hydrogen-bond acceptors (Lipinski definition) is 3. The van der Waals surface area contributed by atoms with E-state index in [0.717, 1.165) is 49.2 Å². The fourth-order valence-electron chi connectivity index (χ4n) is 3.85. The van der Waals surface area contributed by atoms with Crippen LogP contribution in [0, 0.1) is 0 Å². The minimum absolute atomic E-state index is 0.611. The molecule has 0 bridgehead atoms. The lowest BCUT2D eigenvalue weighted by atomic mass is 10.0. The Hall–Kier alpha value is -2.34. The van der Waals surface area contributed by atoms with Gasteiger partial charge in [-0.1, -0.05) is 41.9 Å². The van der Waals surface area contributed by atoms with Gasteiger partial charge >= 0.3 is 5.97 Å². The SMILES string of the molecule is O=C(O)[C@@H](c1c[nH]c2ccc(Cl)cc12)N1CCN(Cc2ccccc2)CC1. The zero-order valence-corrected chi connectivity index (χ0v) is 15.7. The molecule has 1 aliphatic heterocycles. The van der Waals surface area contributed by atoms with E-state index >= 15 is 0 Å². The van der Waals surface area contributed by atoms with Crippen molar-refractivity contribution in [1.82, 2.24) is 14.8 Å². The average molecular weight is 384 g/mol. The number of nitrogens with one attached hydrogen (secondary N) is 1. The molecule has 1 fully saturated rings. The molecule has 0 spiro atoms. The summed E-state index contributed by atoms with van der Waals surface area (Å²) in [4.78, 5) is 19.7. The van der Waals surface area contributed by atoms with Crippen LogP contribution in [0.3, 0.4) is 0 Å². The maximum Gasteiger partial charge on any atom is 0.325 e. The number of piperazine rings is 1. The first kappa shape index (κ1) is 18.0. The predicted octanol–water partition coefficient (Wildman–Crippen LogP) is 3.76. The van der Waals surface area contributed by atoms with Gasteiger partial charge in [0.05, 0.1) is 0 Å². The molecule has 3 aromatic rings. The van der Waals surface area contributed by atoms with E-state index < -0.39 is 12.0 Å². The maximum atomic E-state index is 12.1. The van der Waals surface area contributed by atoms with Crippen LogP contribution < -0.4 is 0 Å². The number of rotatable bonds is 5. The Morgan fingerprint density at radius 2 is 1.85 bits per heavy atom. The molecule has 27 heavy (non-hydrogen) atoms. The number of aromatic amines is 1. The Morgan fingerprint density at radius 1 is 1.11 bits per heavy atom. The Morgan fingerprint density at radius 3 is 2.56 bits per heavy atom. The quantitative estimate of drug-likeness (QED) is 0.704. The first-order valence-electron chi connectivity index (χ1n) is 9.11. The third kappa shape index (κ3) is 3.86. The molecule has 1 aromatic heterocycles. The molecule has 6 heteroatoms. The van der Waals surface area contributed by atoms with Crippen molar-refractivity contribution < 1.29 is 9.90 Å². The summed E-state index contributed by atoms with van der Waals surface area (Å²) in [6.07, 6.45) is 1.80. The van der Waals surface area contributed by atoms with Crippen molar-refractivity contribution >= 4 is 28.5 Å². The van der Waals surface area contributed by atoms with Gasteiger partial charge in [-0.2, -0.15) is 0 Å². The highest BCUT2D eigenvalue weighted by atomic mass is 35.5. The third-order valence-electron chi connectivity index (χ3n) is 5.23. The number of aromatic nitrogens is 1. The fourth-order valence-corrected chi connectivity index (χ4v) is 4.02. The van der Waals surface area contributed by atoms with Crippen molar-refractivity contribution in [3.8, 4) is 0 Å². The van der Waals surface area contributed by atoms with E-state index in [2.05, 4.69) is 22.0 Å². The average Bonchev–Trinajstić information content (AvgIpc) is 3.07. The van der Waals surface area contributed by atoms with E-state index in [9.17, 15) is 9.90 Å². The number of hydrogen-bond donors (Lipinski definition) is 2. The predicted molar refractivity (Wildman–Crippen MR) is 107 cm³/mol. The molecule has 5 nitrogen and oxygen atoms in total. The van der Waals surface area contributed by atoms with Crippen molar-refractivity contribution in [2.24, 2.45) is 0 Å². The van der Waals surface area contributed by atoms with Crippen LogP contribution in [0.25, 0.3) is 10.9 Å². The largest absolute Gasteiger partial charge is 0.480 e. The number of nitrogens with zero attached hydrogens (tertiary/aromatic N) is 2. The molecule has 1 atom stereocenters. The number of halogens is 1. The van der Waals surface area contributed by atoms with Crippen LogP contribution in [-0.2, 0) is 11.3 Å². The molecule has 0 saturated carbocycles. The summed E-state index contributed by atoms with van der Waals surface area (Å²) in [7, 11) is 0. The summed E-state index contributed by atoms with van der Waals surface area (Å²) < 4.78 is 0. The standard InChI is InChI=1S/C21H22ClN3O2/c22-16-6-7-19-17(12-16)18(13-23-19)20(21(26)27)25-10-8-24(9-11-25)14-15-4-2-1-3-5-15/h1-7,12-13,20,23H,8-11,14H2,(H,26,27)/t20-/m1/s1. The minimum atomic E-state index is -0.826.